The molecule has 0 unspecified atom stereocenters. The van der Waals surface area contributed by atoms with Crippen LogP contribution in [0.15, 0.2) is 60.9 Å². The molecule has 0 spiro atoms. The van der Waals surface area contributed by atoms with E-state index >= 15 is 0 Å². The van der Waals surface area contributed by atoms with Crippen LogP contribution in [-0.4, -0.2) is 14.9 Å². The maximum absolute atomic E-state index is 11.5. The van der Waals surface area contributed by atoms with E-state index in [-0.39, 0.29) is 17.4 Å². The number of benzene rings is 2. The summed E-state index contributed by atoms with van der Waals surface area (Å²) in [4.78, 5) is 18.8. The highest BCUT2D eigenvalue weighted by atomic mass is 16.6. The minimum Gasteiger partial charge on any atom is -0.434 e. The van der Waals surface area contributed by atoms with Gasteiger partial charge >= 0.3 is 11.6 Å². The molecule has 0 fully saturated rings. The predicted octanol–water partition coefficient (Wildman–Crippen LogP) is 4.23. The van der Waals surface area contributed by atoms with Crippen LogP contribution in [0.1, 0.15) is 5.56 Å². The zero-order valence-electron chi connectivity index (χ0n) is 12.8. The molecule has 3 aromatic rings. The largest absolute Gasteiger partial charge is 0.434 e. The zero-order valence-corrected chi connectivity index (χ0v) is 12.8. The Morgan fingerprint density at radius 2 is 1.75 bits per heavy atom. The Morgan fingerprint density at radius 1 is 1.04 bits per heavy atom. The standard InChI is InChI=1S/C17H14N4O3/c1-12-7-9-13(10-8-12)20-16-15(21(22)23)17(19-11-18-16)24-14-5-3-2-4-6-14/h2-11H,1H3,(H,18,19,20). The van der Waals surface area contributed by atoms with Crippen molar-refractivity contribution in [1.82, 2.24) is 9.97 Å². The zero-order chi connectivity index (χ0) is 16.9. The van der Waals surface area contributed by atoms with Crippen LogP contribution in [0.4, 0.5) is 17.2 Å². The lowest BCUT2D eigenvalue weighted by molar-refractivity contribution is -0.385. The fourth-order valence-electron chi connectivity index (χ4n) is 2.07. The third-order valence-electron chi connectivity index (χ3n) is 3.24. The van der Waals surface area contributed by atoms with Gasteiger partial charge in [-0.1, -0.05) is 35.9 Å². The van der Waals surface area contributed by atoms with E-state index in [0.717, 1.165) is 5.56 Å². The summed E-state index contributed by atoms with van der Waals surface area (Å²) in [5.41, 5.74) is 1.46. The maximum Gasteiger partial charge on any atom is 0.373 e. The van der Waals surface area contributed by atoms with Crippen molar-refractivity contribution in [3.63, 3.8) is 0 Å². The molecule has 2 aromatic carbocycles. The van der Waals surface area contributed by atoms with Gasteiger partial charge in [-0.05, 0) is 31.2 Å². The van der Waals surface area contributed by atoms with E-state index in [1.54, 1.807) is 24.3 Å². The van der Waals surface area contributed by atoms with E-state index in [1.807, 2.05) is 37.3 Å². The van der Waals surface area contributed by atoms with Gasteiger partial charge in [-0.2, -0.15) is 4.98 Å². The second kappa shape index (κ2) is 6.74. The van der Waals surface area contributed by atoms with Crippen molar-refractivity contribution in [2.75, 3.05) is 5.32 Å². The number of nitro groups is 1. The fourth-order valence-corrected chi connectivity index (χ4v) is 2.07. The van der Waals surface area contributed by atoms with Gasteiger partial charge in [-0.3, -0.25) is 10.1 Å². The van der Waals surface area contributed by atoms with Crippen molar-refractivity contribution >= 4 is 17.2 Å². The molecule has 1 heterocycles. The van der Waals surface area contributed by atoms with E-state index in [9.17, 15) is 10.1 Å². The molecule has 0 atom stereocenters. The first-order valence-corrected chi connectivity index (χ1v) is 7.19. The van der Waals surface area contributed by atoms with Gasteiger partial charge in [0.2, 0.25) is 5.82 Å². The number of anilines is 2. The van der Waals surface area contributed by atoms with Gasteiger partial charge in [0.1, 0.15) is 12.1 Å². The SMILES string of the molecule is Cc1ccc(Nc2ncnc(Oc3ccccc3)c2[N+](=O)[O-])cc1. The Balaban J connectivity index is 1.96. The summed E-state index contributed by atoms with van der Waals surface area (Å²) in [5.74, 6) is 0.418. The first kappa shape index (κ1) is 15.4. The lowest BCUT2D eigenvalue weighted by Gasteiger charge is -2.09. The van der Waals surface area contributed by atoms with Crippen LogP contribution in [0, 0.1) is 17.0 Å². The monoisotopic (exact) mass is 322 g/mol. The van der Waals surface area contributed by atoms with E-state index < -0.39 is 4.92 Å². The number of hydrogen-bond acceptors (Lipinski definition) is 6. The minimum absolute atomic E-state index is 0.0739. The van der Waals surface area contributed by atoms with Crippen molar-refractivity contribution in [3.8, 4) is 11.6 Å². The van der Waals surface area contributed by atoms with Crippen molar-refractivity contribution in [2.45, 2.75) is 6.92 Å². The van der Waals surface area contributed by atoms with Gasteiger partial charge in [0.05, 0.1) is 4.92 Å². The Bertz CT molecular complexity index is 851. The Labute approximate surface area is 138 Å². The molecular formula is C17H14N4O3. The van der Waals surface area contributed by atoms with E-state index in [2.05, 4.69) is 15.3 Å². The van der Waals surface area contributed by atoms with Crippen LogP contribution in [0.3, 0.4) is 0 Å². The molecule has 7 heteroatoms. The van der Waals surface area contributed by atoms with Crippen molar-refractivity contribution < 1.29 is 9.66 Å². The average Bonchev–Trinajstić information content (AvgIpc) is 2.58. The van der Waals surface area contributed by atoms with Gasteiger partial charge in [0, 0.05) is 5.69 Å². The molecule has 24 heavy (non-hydrogen) atoms. The molecule has 7 nitrogen and oxygen atoms in total. The lowest BCUT2D eigenvalue weighted by atomic mass is 10.2. The number of hydrogen-bond donors (Lipinski definition) is 1. The van der Waals surface area contributed by atoms with Crippen LogP contribution < -0.4 is 10.1 Å². The number of nitrogens with one attached hydrogen (secondary N) is 1. The van der Waals surface area contributed by atoms with Gasteiger partial charge in [0.25, 0.3) is 0 Å². The number of para-hydroxylation sites is 1. The Kier molecular flexibility index (Phi) is 4.33. The number of aromatic nitrogens is 2. The molecule has 0 saturated heterocycles. The highest BCUT2D eigenvalue weighted by Gasteiger charge is 2.25. The minimum atomic E-state index is -0.561. The fraction of sp³-hybridized carbons (Fsp3) is 0.0588. The van der Waals surface area contributed by atoms with Crippen LogP contribution in [0.2, 0.25) is 0 Å². The number of nitrogens with zero attached hydrogens (tertiary/aromatic N) is 3. The highest BCUT2D eigenvalue weighted by Crippen LogP contribution is 2.35. The summed E-state index contributed by atoms with van der Waals surface area (Å²) in [7, 11) is 0. The van der Waals surface area contributed by atoms with Gasteiger partial charge in [-0.25, -0.2) is 4.98 Å². The summed E-state index contributed by atoms with van der Waals surface area (Å²) in [5, 5.41) is 14.4. The quantitative estimate of drug-likeness (QED) is 0.558. The number of rotatable bonds is 5. The number of ether oxygens (including phenoxy) is 1. The molecule has 1 N–H and O–H groups in total. The van der Waals surface area contributed by atoms with E-state index in [1.165, 1.54) is 6.33 Å². The average molecular weight is 322 g/mol. The smallest absolute Gasteiger partial charge is 0.373 e. The van der Waals surface area contributed by atoms with E-state index in [4.69, 9.17) is 4.74 Å². The molecule has 0 aliphatic rings. The molecule has 0 radical (unpaired) electrons. The van der Waals surface area contributed by atoms with E-state index in [0.29, 0.717) is 11.4 Å². The Morgan fingerprint density at radius 3 is 2.42 bits per heavy atom. The molecule has 0 amide bonds. The normalized spacial score (nSPS) is 10.2. The van der Waals surface area contributed by atoms with Crippen LogP contribution >= 0.6 is 0 Å². The maximum atomic E-state index is 11.5. The summed E-state index contributed by atoms with van der Waals surface area (Å²) in [6.45, 7) is 1.96. The second-order valence-electron chi connectivity index (χ2n) is 5.04. The summed E-state index contributed by atoms with van der Waals surface area (Å²) >= 11 is 0. The third kappa shape index (κ3) is 3.46. The molecule has 120 valence electrons. The summed E-state index contributed by atoms with van der Waals surface area (Å²) < 4.78 is 5.54. The first-order chi connectivity index (χ1) is 11.6. The number of aryl methyl sites for hydroxylation is 1. The third-order valence-corrected chi connectivity index (χ3v) is 3.24. The molecule has 3 rings (SSSR count). The molecule has 1 aromatic heterocycles. The topological polar surface area (TPSA) is 90.2 Å². The van der Waals surface area contributed by atoms with Crippen molar-refractivity contribution in [3.05, 3.63) is 76.6 Å². The van der Waals surface area contributed by atoms with Gasteiger partial charge in [0.15, 0.2) is 0 Å². The molecule has 0 saturated carbocycles. The van der Waals surface area contributed by atoms with Crippen molar-refractivity contribution in [2.24, 2.45) is 0 Å². The van der Waals surface area contributed by atoms with Crippen LogP contribution in [0.5, 0.6) is 11.6 Å². The van der Waals surface area contributed by atoms with Crippen molar-refractivity contribution in [1.29, 1.82) is 0 Å². The summed E-state index contributed by atoms with van der Waals surface area (Å²) in [6.07, 6.45) is 1.22. The van der Waals surface area contributed by atoms with Gasteiger partial charge < -0.3 is 10.1 Å². The molecule has 0 aliphatic carbocycles. The van der Waals surface area contributed by atoms with Crippen LogP contribution in [0.25, 0.3) is 0 Å². The highest BCUT2D eigenvalue weighted by molar-refractivity contribution is 5.68. The summed E-state index contributed by atoms with van der Waals surface area (Å²) in [6, 6.07) is 16.2. The molecule has 0 aliphatic heterocycles. The second-order valence-corrected chi connectivity index (χ2v) is 5.04. The Hall–Kier alpha value is -3.48. The van der Waals surface area contributed by atoms with Crippen LogP contribution in [-0.2, 0) is 0 Å². The first-order valence-electron chi connectivity index (χ1n) is 7.19. The van der Waals surface area contributed by atoms with Gasteiger partial charge in [-0.15, -0.1) is 0 Å². The predicted molar refractivity (Wildman–Crippen MR) is 89.7 cm³/mol. The molecule has 0 bridgehead atoms. The molecular weight excluding hydrogens is 308 g/mol. The lowest BCUT2D eigenvalue weighted by Crippen LogP contribution is -2.03.